The lowest BCUT2D eigenvalue weighted by Gasteiger charge is -2.21. The second-order valence-electron chi connectivity index (χ2n) is 4.99. The number of rotatable bonds is 3. The van der Waals surface area contributed by atoms with Gasteiger partial charge in [-0.15, -0.1) is 11.3 Å². The van der Waals surface area contributed by atoms with Crippen LogP contribution in [-0.4, -0.2) is 11.5 Å². The molecule has 0 spiro atoms. The van der Waals surface area contributed by atoms with Crippen LogP contribution in [0.1, 0.15) is 36.4 Å². The summed E-state index contributed by atoms with van der Waals surface area (Å²) in [6.45, 7) is 2.99. The number of fused-ring (bicyclic) bond motifs is 1. The van der Waals surface area contributed by atoms with E-state index in [-0.39, 0.29) is 0 Å². The molecule has 0 saturated carbocycles. The van der Waals surface area contributed by atoms with Gasteiger partial charge in [0.2, 0.25) is 0 Å². The zero-order valence-corrected chi connectivity index (χ0v) is 12.1. The van der Waals surface area contributed by atoms with Crippen LogP contribution in [0.5, 0.6) is 0 Å². The third-order valence-corrected chi connectivity index (χ3v) is 4.77. The zero-order chi connectivity index (χ0) is 14.1. The highest BCUT2D eigenvalue weighted by Crippen LogP contribution is 2.38. The van der Waals surface area contributed by atoms with Crippen molar-refractivity contribution in [2.75, 3.05) is 6.54 Å². The fraction of sp³-hybridized carbons (Fsp3) is 0.400. The van der Waals surface area contributed by atoms with Crippen molar-refractivity contribution in [3.05, 3.63) is 40.4 Å². The zero-order valence-electron chi connectivity index (χ0n) is 11.2. The molecule has 2 nitrogen and oxygen atoms in total. The maximum atomic E-state index is 13.3. The average Bonchev–Trinajstić information content (AvgIpc) is 2.83. The Morgan fingerprint density at radius 3 is 2.75 bits per heavy atom. The van der Waals surface area contributed by atoms with Gasteiger partial charge in [-0.1, -0.05) is 6.92 Å². The number of benzene rings is 1. The molecule has 5 heteroatoms. The lowest BCUT2D eigenvalue weighted by molar-refractivity contribution is 0.476. The van der Waals surface area contributed by atoms with Gasteiger partial charge in [-0.25, -0.2) is 13.8 Å². The van der Waals surface area contributed by atoms with Crippen LogP contribution in [-0.2, 0) is 6.42 Å². The molecule has 1 heterocycles. The number of hydrogen-bond donors (Lipinski definition) is 1. The van der Waals surface area contributed by atoms with E-state index in [1.165, 1.54) is 17.0 Å². The van der Waals surface area contributed by atoms with Crippen molar-refractivity contribution in [3.8, 4) is 10.6 Å². The molecule has 20 heavy (non-hydrogen) atoms. The second-order valence-corrected chi connectivity index (χ2v) is 6.02. The summed E-state index contributed by atoms with van der Waals surface area (Å²) in [5, 5.41) is 4.16. The number of hydrogen-bond acceptors (Lipinski definition) is 3. The minimum atomic E-state index is -0.559. The number of nitrogens with zero attached hydrogens (tertiary/aromatic N) is 1. The van der Waals surface area contributed by atoms with Crippen molar-refractivity contribution in [2.45, 2.75) is 32.2 Å². The Kier molecular flexibility index (Phi) is 3.81. The molecule has 1 atom stereocenters. The van der Waals surface area contributed by atoms with Gasteiger partial charge in [0, 0.05) is 22.5 Å². The molecule has 1 aliphatic rings. The highest BCUT2D eigenvalue weighted by Gasteiger charge is 2.24. The molecular formula is C15H16F2N2S. The summed E-state index contributed by atoms with van der Waals surface area (Å²) in [5.41, 5.74) is 1.60. The van der Waals surface area contributed by atoms with E-state index < -0.39 is 11.6 Å². The van der Waals surface area contributed by atoms with Gasteiger partial charge in [0.15, 0.2) is 0 Å². The third kappa shape index (κ3) is 2.60. The molecule has 1 unspecified atom stereocenters. The minimum absolute atomic E-state index is 0.327. The number of thiazole rings is 1. The van der Waals surface area contributed by atoms with E-state index in [2.05, 4.69) is 17.2 Å². The first kappa shape index (κ1) is 13.6. The third-order valence-electron chi connectivity index (χ3n) is 3.51. The van der Waals surface area contributed by atoms with Crippen molar-refractivity contribution in [1.82, 2.24) is 10.3 Å². The molecule has 0 amide bonds. The van der Waals surface area contributed by atoms with Gasteiger partial charge in [-0.05, 0) is 37.9 Å². The van der Waals surface area contributed by atoms with Crippen LogP contribution in [0.3, 0.4) is 0 Å². The van der Waals surface area contributed by atoms with Gasteiger partial charge in [-0.2, -0.15) is 0 Å². The van der Waals surface area contributed by atoms with E-state index in [4.69, 9.17) is 0 Å². The number of nitrogens with one attached hydrogen (secondary N) is 1. The summed E-state index contributed by atoms with van der Waals surface area (Å²) in [6.07, 6.45) is 3.15. The Hall–Kier alpha value is -1.33. The van der Waals surface area contributed by atoms with Crippen LogP contribution in [0, 0.1) is 11.6 Å². The fourth-order valence-corrected chi connectivity index (χ4v) is 3.87. The molecule has 1 aromatic heterocycles. The Labute approximate surface area is 120 Å². The van der Waals surface area contributed by atoms with Crippen LogP contribution >= 0.6 is 11.3 Å². The monoisotopic (exact) mass is 294 g/mol. The fourth-order valence-electron chi connectivity index (χ4n) is 2.66. The highest BCUT2D eigenvalue weighted by atomic mass is 32.1. The quantitative estimate of drug-likeness (QED) is 0.923. The molecule has 3 rings (SSSR count). The van der Waals surface area contributed by atoms with Crippen LogP contribution in [0.4, 0.5) is 8.78 Å². The molecule has 0 saturated heterocycles. The van der Waals surface area contributed by atoms with Gasteiger partial charge in [0.1, 0.15) is 16.6 Å². The Morgan fingerprint density at radius 1 is 1.30 bits per heavy atom. The predicted molar refractivity (Wildman–Crippen MR) is 76.8 cm³/mol. The standard InChI is InChI=1S/C15H16F2N2S/c1-2-18-12-4-3-5-13-14(12)20-15(19-13)9-6-10(16)8-11(17)7-9/h6-8,12,18H,2-5H2,1H3. The Morgan fingerprint density at radius 2 is 2.05 bits per heavy atom. The Bertz CT molecular complexity index is 604. The van der Waals surface area contributed by atoms with Gasteiger partial charge >= 0.3 is 0 Å². The van der Waals surface area contributed by atoms with Crippen LogP contribution in [0.25, 0.3) is 10.6 Å². The van der Waals surface area contributed by atoms with Gasteiger partial charge in [0.25, 0.3) is 0 Å². The Balaban J connectivity index is 2.00. The van der Waals surface area contributed by atoms with Crippen LogP contribution in [0.15, 0.2) is 18.2 Å². The molecule has 0 bridgehead atoms. The summed E-state index contributed by atoms with van der Waals surface area (Å²) in [7, 11) is 0. The number of halogens is 2. The topological polar surface area (TPSA) is 24.9 Å². The van der Waals surface area contributed by atoms with E-state index in [0.29, 0.717) is 16.6 Å². The summed E-state index contributed by atoms with van der Waals surface area (Å²) in [5.74, 6) is -1.12. The summed E-state index contributed by atoms with van der Waals surface area (Å²) in [6, 6.07) is 3.90. The van der Waals surface area contributed by atoms with Crippen molar-refractivity contribution < 1.29 is 8.78 Å². The van der Waals surface area contributed by atoms with Crippen molar-refractivity contribution in [1.29, 1.82) is 0 Å². The van der Waals surface area contributed by atoms with Gasteiger partial charge < -0.3 is 5.32 Å². The smallest absolute Gasteiger partial charge is 0.126 e. The van der Waals surface area contributed by atoms with E-state index in [1.807, 2.05) is 0 Å². The SMILES string of the molecule is CCNC1CCCc2nc(-c3cc(F)cc(F)c3)sc21. The van der Waals surface area contributed by atoms with E-state index in [0.717, 1.165) is 37.6 Å². The summed E-state index contributed by atoms with van der Waals surface area (Å²) < 4.78 is 26.6. The first-order chi connectivity index (χ1) is 9.67. The van der Waals surface area contributed by atoms with Gasteiger partial charge in [0.05, 0.1) is 5.69 Å². The first-order valence-corrected chi connectivity index (χ1v) is 7.68. The normalized spacial score (nSPS) is 18.1. The maximum absolute atomic E-state index is 13.3. The largest absolute Gasteiger partial charge is 0.309 e. The average molecular weight is 294 g/mol. The lowest BCUT2D eigenvalue weighted by atomic mass is 9.98. The minimum Gasteiger partial charge on any atom is -0.309 e. The maximum Gasteiger partial charge on any atom is 0.126 e. The molecule has 1 aromatic carbocycles. The molecule has 0 fully saturated rings. The first-order valence-electron chi connectivity index (χ1n) is 6.87. The summed E-state index contributed by atoms with van der Waals surface area (Å²) >= 11 is 1.55. The molecule has 0 aliphatic heterocycles. The highest BCUT2D eigenvalue weighted by molar-refractivity contribution is 7.15. The predicted octanol–water partition coefficient (Wildman–Crippen LogP) is 4.08. The number of aryl methyl sites for hydroxylation is 1. The van der Waals surface area contributed by atoms with E-state index >= 15 is 0 Å². The molecule has 2 aromatic rings. The molecule has 1 N–H and O–H groups in total. The van der Waals surface area contributed by atoms with E-state index in [1.54, 1.807) is 11.3 Å². The van der Waals surface area contributed by atoms with Crippen molar-refractivity contribution >= 4 is 11.3 Å². The lowest BCUT2D eigenvalue weighted by Crippen LogP contribution is -2.23. The van der Waals surface area contributed by atoms with Gasteiger partial charge in [-0.3, -0.25) is 0 Å². The van der Waals surface area contributed by atoms with Crippen LogP contribution < -0.4 is 5.32 Å². The molecule has 1 aliphatic carbocycles. The molecule has 106 valence electrons. The molecular weight excluding hydrogens is 278 g/mol. The van der Waals surface area contributed by atoms with Crippen molar-refractivity contribution in [3.63, 3.8) is 0 Å². The van der Waals surface area contributed by atoms with E-state index in [9.17, 15) is 8.78 Å². The van der Waals surface area contributed by atoms with Crippen LogP contribution in [0.2, 0.25) is 0 Å². The number of aromatic nitrogens is 1. The van der Waals surface area contributed by atoms with Crippen molar-refractivity contribution in [2.24, 2.45) is 0 Å². The second kappa shape index (κ2) is 5.58. The summed E-state index contributed by atoms with van der Waals surface area (Å²) in [4.78, 5) is 5.80. The molecule has 0 radical (unpaired) electrons.